The highest BCUT2D eigenvalue weighted by molar-refractivity contribution is 7.20. The first kappa shape index (κ1) is 37.6. The third kappa shape index (κ3) is 6.61. The Hall–Kier alpha value is -5.67. The summed E-state index contributed by atoms with van der Waals surface area (Å²) < 4.78 is 2.34. The summed E-state index contributed by atoms with van der Waals surface area (Å²) in [6.45, 7) is 15.9. The van der Waals surface area contributed by atoms with Crippen LogP contribution in [0.15, 0.2) is 176 Å². The Labute approximate surface area is 330 Å². The van der Waals surface area contributed by atoms with E-state index in [0.29, 0.717) is 0 Å². The number of aryl methyl sites for hydroxylation is 3. The molecule has 0 spiro atoms. The molecule has 0 atom stereocenters. The zero-order valence-corrected chi connectivity index (χ0v) is 34.1. The minimum Gasteiger partial charge on any atom is -0.347 e. The van der Waals surface area contributed by atoms with Crippen LogP contribution in [-0.2, 0) is 10.8 Å². The molecule has 2 nitrogen and oxygen atoms in total. The zero-order valence-electron chi connectivity index (χ0n) is 34.1. The monoisotopic (exact) mass is 718 g/mol. The normalized spacial score (nSPS) is 16.2. The average molecular weight is 719 g/mol. The molecule has 0 aromatic heterocycles. The summed E-state index contributed by atoms with van der Waals surface area (Å²) in [5, 5.41) is 0. The Bertz CT molecular complexity index is 2320. The van der Waals surface area contributed by atoms with Crippen molar-refractivity contribution in [2.75, 3.05) is 19.0 Å². The van der Waals surface area contributed by atoms with Crippen LogP contribution in [-0.4, -0.2) is 30.5 Å². The van der Waals surface area contributed by atoms with Gasteiger partial charge >= 0.3 is 0 Å². The van der Waals surface area contributed by atoms with Crippen LogP contribution in [0.5, 0.6) is 0 Å². The highest BCUT2D eigenvalue weighted by atomic mass is 15.2. The molecule has 276 valence electrons. The summed E-state index contributed by atoms with van der Waals surface area (Å²) >= 11 is 0. The number of hydrogen-bond acceptors (Lipinski definition) is 1. The van der Waals surface area contributed by atoms with Crippen LogP contribution in [0.3, 0.4) is 0 Å². The second kappa shape index (κ2) is 14.9. The molecule has 55 heavy (non-hydrogen) atoms. The molecule has 0 fully saturated rings. The standard InChI is InChI=1S/C27H33N2.C25H22B/c1-18-12-14-22-20(16-18)26(3,4)24(28(22)7)10-9-11-25-27(5,6)21-17-19(2)13-15-23(21)29(25)8;1-21-13-11-12-20-25(21)26(22-14-5-2-6-15-22,23-16-7-3-8-17-23)24-18-9-4-10-19-24/h9-17H,1-8H3;2-20H,1H3/q+1;-1. The molecule has 0 amide bonds. The van der Waals surface area contributed by atoms with E-state index in [1.165, 1.54) is 72.5 Å². The molecule has 2 aliphatic rings. The van der Waals surface area contributed by atoms with E-state index in [4.69, 9.17) is 0 Å². The Kier molecular flexibility index (Phi) is 10.2. The van der Waals surface area contributed by atoms with E-state index >= 15 is 0 Å². The van der Waals surface area contributed by atoms with Crippen LogP contribution in [0.4, 0.5) is 11.4 Å². The molecular weight excluding hydrogens is 663 g/mol. The fraction of sp³-hybridized carbons (Fsp3) is 0.212. The molecule has 0 bridgehead atoms. The van der Waals surface area contributed by atoms with Gasteiger partial charge < -0.3 is 4.90 Å². The second-order valence-electron chi connectivity index (χ2n) is 16.7. The second-order valence-corrected chi connectivity index (χ2v) is 16.7. The molecule has 6 aromatic rings. The molecule has 2 aliphatic heterocycles. The summed E-state index contributed by atoms with van der Waals surface area (Å²) in [6.07, 6.45) is 5.58. The number of rotatable bonds is 6. The van der Waals surface area contributed by atoms with Gasteiger partial charge in [0, 0.05) is 41.6 Å². The van der Waals surface area contributed by atoms with Crippen molar-refractivity contribution in [3.05, 3.63) is 203 Å². The summed E-state index contributed by atoms with van der Waals surface area (Å²) in [5.41, 5.74) is 17.5. The Morgan fingerprint density at radius 3 is 1.60 bits per heavy atom. The van der Waals surface area contributed by atoms with Gasteiger partial charge in [0.2, 0.25) is 5.69 Å². The van der Waals surface area contributed by atoms with Gasteiger partial charge in [0.1, 0.15) is 13.2 Å². The molecule has 6 aromatic carbocycles. The van der Waals surface area contributed by atoms with E-state index in [-0.39, 0.29) is 10.8 Å². The van der Waals surface area contributed by atoms with Crippen molar-refractivity contribution in [3.8, 4) is 0 Å². The van der Waals surface area contributed by atoms with E-state index in [1.54, 1.807) is 0 Å². The maximum atomic E-state index is 2.34. The maximum Gasteiger partial charge on any atom is 0.209 e. The first-order valence-corrected chi connectivity index (χ1v) is 19.7. The van der Waals surface area contributed by atoms with E-state index in [0.717, 1.165) is 0 Å². The van der Waals surface area contributed by atoms with Crippen LogP contribution < -0.4 is 26.8 Å². The average Bonchev–Trinajstić information content (AvgIpc) is 3.50. The number of likely N-dealkylation sites (N-methyl/N-ethyl adjacent to an activating group) is 1. The highest BCUT2D eigenvalue weighted by Crippen LogP contribution is 2.47. The molecule has 0 radical (unpaired) electrons. The van der Waals surface area contributed by atoms with Crippen molar-refractivity contribution in [2.24, 2.45) is 0 Å². The number of nitrogens with zero attached hydrogens (tertiary/aromatic N) is 2. The molecule has 2 heterocycles. The summed E-state index contributed by atoms with van der Waals surface area (Å²) in [4.78, 5) is 2.34. The van der Waals surface area contributed by atoms with Gasteiger partial charge in [-0.25, -0.2) is 0 Å². The third-order valence-electron chi connectivity index (χ3n) is 12.4. The first-order chi connectivity index (χ1) is 26.4. The zero-order chi connectivity index (χ0) is 39.0. The first-order valence-electron chi connectivity index (χ1n) is 19.7. The van der Waals surface area contributed by atoms with Crippen LogP contribution in [0.25, 0.3) is 0 Å². The summed E-state index contributed by atoms with van der Waals surface area (Å²) in [5.74, 6) is 0. The van der Waals surface area contributed by atoms with E-state index in [1.807, 2.05) is 0 Å². The lowest BCUT2D eigenvalue weighted by atomic mass is 9.12. The summed E-state index contributed by atoms with van der Waals surface area (Å²) in [7, 11) is 4.36. The number of benzene rings is 6. The van der Waals surface area contributed by atoms with E-state index < -0.39 is 6.15 Å². The molecule has 0 N–H and O–H groups in total. The quantitative estimate of drug-likeness (QED) is 0.123. The SMILES string of the molecule is Cc1ccc2c(c1)C(C)(C)C(/C=C/C=C1/N(C)c3ccc(C)cc3C1(C)C)=[N+]2C.Cc1ccccc1[B-](c1ccccc1)(c1ccccc1)c1ccccc1. The van der Waals surface area contributed by atoms with Crippen LogP contribution >= 0.6 is 0 Å². The smallest absolute Gasteiger partial charge is 0.209 e. The van der Waals surface area contributed by atoms with Gasteiger partial charge in [0.05, 0.1) is 5.41 Å². The predicted octanol–water partition coefficient (Wildman–Crippen LogP) is 9.55. The molecular formula is C52H55BN2. The van der Waals surface area contributed by atoms with Crippen LogP contribution in [0.1, 0.15) is 55.5 Å². The maximum absolute atomic E-state index is 2.34. The van der Waals surface area contributed by atoms with Gasteiger partial charge in [-0.05, 0) is 58.4 Å². The Morgan fingerprint density at radius 2 is 1.05 bits per heavy atom. The number of allylic oxidation sites excluding steroid dienone is 4. The highest BCUT2D eigenvalue weighted by Gasteiger charge is 2.43. The Balaban J connectivity index is 0.000000170. The number of anilines is 1. The van der Waals surface area contributed by atoms with Crippen molar-refractivity contribution >= 4 is 45.1 Å². The largest absolute Gasteiger partial charge is 0.347 e. The van der Waals surface area contributed by atoms with E-state index in [2.05, 4.69) is 242 Å². The molecule has 8 rings (SSSR count). The lowest BCUT2D eigenvalue weighted by molar-refractivity contribution is -0.401. The molecule has 0 aliphatic carbocycles. The molecule has 0 saturated carbocycles. The third-order valence-corrected chi connectivity index (χ3v) is 12.4. The van der Waals surface area contributed by atoms with Crippen LogP contribution in [0, 0.1) is 20.8 Å². The van der Waals surface area contributed by atoms with Crippen molar-refractivity contribution in [1.82, 2.24) is 0 Å². The van der Waals surface area contributed by atoms with Crippen molar-refractivity contribution < 1.29 is 4.58 Å². The van der Waals surface area contributed by atoms with Gasteiger partial charge in [0.15, 0.2) is 5.71 Å². The van der Waals surface area contributed by atoms with Gasteiger partial charge in [-0.3, -0.25) is 0 Å². The Morgan fingerprint density at radius 1 is 0.564 bits per heavy atom. The molecule has 3 heteroatoms. The molecule has 0 saturated heterocycles. The number of hydrogen-bond donors (Lipinski definition) is 0. The minimum absolute atomic E-state index is 0.00226. The predicted molar refractivity (Wildman–Crippen MR) is 240 cm³/mol. The van der Waals surface area contributed by atoms with Gasteiger partial charge in [-0.2, -0.15) is 26.4 Å². The van der Waals surface area contributed by atoms with Crippen LogP contribution in [0.2, 0.25) is 0 Å². The van der Waals surface area contributed by atoms with Gasteiger partial charge in [-0.1, -0.05) is 170 Å². The lowest BCUT2D eigenvalue weighted by Crippen LogP contribution is -2.75. The fourth-order valence-corrected chi connectivity index (χ4v) is 9.54. The topological polar surface area (TPSA) is 6.25 Å². The van der Waals surface area contributed by atoms with E-state index in [9.17, 15) is 0 Å². The number of fused-ring (bicyclic) bond motifs is 2. The van der Waals surface area contributed by atoms with Gasteiger partial charge in [-0.15, -0.1) is 0 Å². The fourth-order valence-electron chi connectivity index (χ4n) is 9.54. The van der Waals surface area contributed by atoms with Crippen molar-refractivity contribution in [1.29, 1.82) is 0 Å². The van der Waals surface area contributed by atoms with Gasteiger partial charge in [0.25, 0.3) is 0 Å². The van der Waals surface area contributed by atoms with Crippen molar-refractivity contribution in [3.63, 3.8) is 0 Å². The minimum atomic E-state index is -1.24. The lowest BCUT2D eigenvalue weighted by Gasteiger charge is -2.45. The van der Waals surface area contributed by atoms with Crippen molar-refractivity contribution in [2.45, 2.75) is 59.3 Å². The summed E-state index contributed by atoms with van der Waals surface area (Å²) in [6, 6.07) is 55.2. The molecule has 0 unspecified atom stereocenters.